The largest absolute Gasteiger partial charge is 0.478 e. The van der Waals surface area contributed by atoms with Crippen LogP contribution in [-0.2, 0) is 9.59 Å². The number of carboxylic acid groups (broad SMARTS) is 1. The number of hydrogen-bond donors (Lipinski definition) is 2. The Hall–Kier alpha value is -1.82. The Morgan fingerprint density at radius 1 is 1.16 bits per heavy atom. The summed E-state index contributed by atoms with van der Waals surface area (Å²) < 4.78 is -0.878. The van der Waals surface area contributed by atoms with Crippen LogP contribution in [0.1, 0.15) is 31.1 Å². The third kappa shape index (κ3) is 4.40. The fraction of sp³-hybridized carbons (Fsp3) is 0.308. The zero-order valence-corrected chi connectivity index (χ0v) is 11.7. The van der Waals surface area contributed by atoms with Crippen LogP contribution in [0.15, 0.2) is 24.3 Å². The maximum Gasteiger partial charge on any atom is 0.335 e. The van der Waals surface area contributed by atoms with Gasteiger partial charge in [0.25, 0.3) is 0 Å². The van der Waals surface area contributed by atoms with Gasteiger partial charge in [-0.05, 0) is 38.1 Å². The van der Waals surface area contributed by atoms with Crippen molar-refractivity contribution < 1.29 is 19.5 Å². The Morgan fingerprint density at radius 3 is 2.11 bits per heavy atom. The monoisotopic (exact) mass is 281 g/mol. The van der Waals surface area contributed by atoms with Gasteiger partial charge in [0, 0.05) is 12.6 Å². The minimum Gasteiger partial charge on any atom is -0.478 e. The molecule has 0 atom stereocenters. The number of anilines is 1. The summed E-state index contributed by atoms with van der Waals surface area (Å²) in [6.07, 6.45) is 0. The number of thioether (sulfide) groups is 1. The van der Waals surface area contributed by atoms with Crippen molar-refractivity contribution in [1.29, 1.82) is 0 Å². The van der Waals surface area contributed by atoms with Crippen molar-refractivity contribution in [2.24, 2.45) is 0 Å². The maximum absolute atomic E-state index is 12.0. The first-order valence-electron chi connectivity index (χ1n) is 5.57. The summed E-state index contributed by atoms with van der Waals surface area (Å²) in [5.74, 6) is -1.33. The molecule has 102 valence electrons. The van der Waals surface area contributed by atoms with E-state index in [-0.39, 0.29) is 16.6 Å². The highest BCUT2D eigenvalue weighted by atomic mass is 32.2. The minimum atomic E-state index is -1.02. The van der Waals surface area contributed by atoms with Gasteiger partial charge in [-0.25, -0.2) is 4.79 Å². The van der Waals surface area contributed by atoms with Gasteiger partial charge in [-0.2, -0.15) is 0 Å². The SMILES string of the molecule is CC(=O)SC(C)(C)C(=O)Nc1ccc(C(=O)O)cc1. The number of carboxylic acids is 1. The van der Waals surface area contributed by atoms with Crippen molar-refractivity contribution >= 4 is 34.4 Å². The predicted molar refractivity (Wildman–Crippen MR) is 74.4 cm³/mol. The molecule has 0 aliphatic rings. The van der Waals surface area contributed by atoms with E-state index in [4.69, 9.17) is 5.11 Å². The second-order valence-corrected chi connectivity index (χ2v) is 6.24. The summed E-state index contributed by atoms with van der Waals surface area (Å²) in [5, 5.41) is 11.3. The smallest absolute Gasteiger partial charge is 0.335 e. The normalized spacial score (nSPS) is 10.9. The van der Waals surface area contributed by atoms with Crippen molar-refractivity contribution in [3.63, 3.8) is 0 Å². The highest BCUT2D eigenvalue weighted by molar-refractivity contribution is 8.15. The van der Waals surface area contributed by atoms with Crippen LogP contribution in [-0.4, -0.2) is 26.8 Å². The average molecular weight is 281 g/mol. The Morgan fingerprint density at radius 2 is 1.68 bits per heavy atom. The number of aromatic carboxylic acids is 1. The highest BCUT2D eigenvalue weighted by Crippen LogP contribution is 2.26. The molecule has 0 heterocycles. The molecule has 1 rings (SSSR count). The van der Waals surface area contributed by atoms with Crippen LogP contribution in [0, 0.1) is 0 Å². The Labute approximate surface area is 115 Å². The van der Waals surface area contributed by atoms with Gasteiger partial charge >= 0.3 is 5.97 Å². The number of rotatable bonds is 4. The maximum atomic E-state index is 12.0. The first-order chi connectivity index (χ1) is 8.72. The first-order valence-corrected chi connectivity index (χ1v) is 6.38. The first kappa shape index (κ1) is 15.2. The molecule has 0 spiro atoms. The molecule has 5 nitrogen and oxygen atoms in total. The van der Waals surface area contributed by atoms with Crippen molar-refractivity contribution in [3.8, 4) is 0 Å². The molecule has 2 N–H and O–H groups in total. The predicted octanol–water partition coefficient (Wildman–Crippen LogP) is 2.38. The van der Waals surface area contributed by atoms with Crippen LogP contribution < -0.4 is 5.32 Å². The average Bonchev–Trinajstić information content (AvgIpc) is 2.27. The molecule has 0 fully saturated rings. The molecule has 1 aromatic rings. The second-order valence-electron chi connectivity index (χ2n) is 4.44. The zero-order valence-electron chi connectivity index (χ0n) is 10.9. The van der Waals surface area contributed by atoms with E-state index in [0.717, 1.165) is 11.8 Å². The summed E-state index contributed by atoms with van der Waals surface area (Å²) >= 11 is 0.947. The molecule has 0 aliphatic carbocycles. The number of carbonyl (C=O) groups is 3. The molecule has 0 unspecified atom stereocenters. The van der Waals surface area contributed by atoms with E-state index in [2.05, 4.69) is 5.32 Å². The second kappa shape index (κ2) is 5.88. The topological polar surface area (TPSA) is 83.5 Å². The van der Waals surface area contributed by atoms with Crippen molar-refractivity contribution in [1.82, 2.24) is 0 Å². The molecule has 0 saturated carbocycles. The molecular weight excluding hydrogens is 266 g/mol. The fourth-order valence-electron chi connectivity index (χ4n) is 1.38. The molecule has 19 heavy (non-hydrogen) atoms. The Kier molecular flexibility index (Phi) is 4.72. The number of amides is 1. The Bertz CT molecular complexity index is 508. The summed E-state index contributed by atoms with van der Waals surface area (Å²) in [6.45, 7) is 4.71. The molecule has 1 amide bonds. The lowest BCUT2D eigenvalue weighted by molar-refractivity contribution is -0.118. The van der Waals surface area contributed by atoms with Crippen molar-refractivity contribution in [3.05, 3.63) is 29.8 Å². The molecule has 0 radical (unpaired) electrons. The molecule has 0 bridgehead atoms. The summed E-state index contributed by atoms with van der Waals surface area (Å²) in [6, 6.07) is 5.83. The quantitative estimate of drug-likeness (QED) is 0.885. The van der Waals surface area contributed by atoms with Crippen LogP contribution in [0.3, 0.4) is 0 Å². The summed E-state index contributed by atoms with van der Waals surface area (Å²) in [5.41, 5.74) is 0.641. The van der Waals surface area contributed by atoms with E-state index >= 15 is 0 Å². The molecule has 6 heteroatoms. The lowest BCUT2D eigenvalue weighted by Crippen LogP contribution is -2.34. The summed E-state index contributed by atoms with van der Waals surface area (Å²) in [4.78, 5) is 33.7. The van der Waals surface area contributed by atoms with E-state index in [1.807, 2.05) is 0 Å². The lowest BCUT2D eigenvalue weighted by atomic mass is 10.1. The van der Waals surface area contributed by atoms with E-state index in [1.165, 1.54) is 31.2 Å². The van der Waals surface area contributed by atoms with Crippen LogP contribution in [0.2, 0.25) is 0 Å². The van der Waals surface area contributed by atoms with E-state index < -0.39 is 10.7 Å². The summed E-state index contributed by atoms with van der Waals surface area (Å²) in [7, 11) is 0. The van der Waals surface area contributed by atoms with Gasteiger partial charge in [0.1, 0.15) is 0 Å². The number of hydrogen-bond acceptors (Lipinski definition) is 4. The van der Waals surface area contributed by atoms with Crippen molar-refractivity contribution in [2.45, 2.75) is 25.5 Å². The molecular formula is C13H15NO4S. The molecule has 1 aromatic carbocycles. The van der Waals surface area contributed by atoms with Gasteiger partial charge in [-0.15, -0.1) is 0 Å². The molecule has 0 aromatic heterocycles. The fourth-order valence-corrected chi connectivity index (χ4v) is 2.25. The van der Waals surface area contributed by atoms with Gasteiger partial charge < -0.3 is 10.4 Å². The molecule has 0 saturated heterocycles. The van der Waals surface area contributed by atoms with E-state index in [9.17, 15) is 14.4 Å². The van der Waals surface area contributed by atoms with Gasteiger partial charge in [0.15, 0.2) is 5.12 Å². The third-order valence-electron chi connectivity index (χ3n) is 2.34. The number of benzene rings is 1. The van der Waals surface area contributed by atoms with E-state index in [0.29, 0.717) is 5.69 Å². The van der Waals surface area contributed by atoms with Crippen molar-refractivity contribution in [2.75, 3.05) is 5.32 Å². The van der Waals surface area contributed by atoms with Gasteiger partial charge in [-0.3, -0.25) is 9.59 Å². The van der Waals surface area contributed by atoms with Gasteiger partial charge in [0.2, 0.25) is 5.91 Å². The lowest BCUT2D eigenvalue weighted by Gasteiger charge is -2.21. The number of nitrogens with one attached hydrogen (secondary N) is 1. The molecule has 0 aliphatic heterocycles. The van der Waals surface area contributed by atoms with Crippen LogP contribution >= 0.6 is 11.8 Å². The van der Waals surface area contributed by atoms with Crippen LogP contribution in [0.25, 0.3) is 0 Å². The van der Waals surface area contributed by atoms with Gasteiger partial charge in [0.05, 0.1) is 10.3 Å². The number of carbonyl (C=O) groups excluding carboxylic acids is 2. The highest BCUT2D eigenvalue weighted by Gasteiger charge is 2.30. The Balaban J connectivity index is 2.76. The zero-order chi connectivity index (χ0) is 14.6. The minimum absolute atomic E-state index is 0.138. The van der Waals surface area contributed by atoms with E-state index in [1.54, 1.807) is 13.8 Å². The third-order valence-corrected chi connectivity index (χ3v) is 3.32. The standard InChI is InChI=1S/C13H15NO4S/c1-8(15)19-13(2,3)12(18)14-10-6-4-9(5-7-10)11(16)17/h4-7H,1-3H3,(H,14,18)(H,16,17). The van der Waals surface area contributed by atoms with Crippen LogP contribution in [0.4, 0.5) is 5.69 Å². The van der Waals surface area contributed by atoms with Crippen LogP contribution in [0.5, 0.6) is 0 Å². The van der Waals surface area contributed by atoms with Gasteiger partial charge in [-0.1, -0.05) is 11.8 Å².